The van der Waals surface area contributed by atoms with Gasteiger partial charge in [0.05, 0.1) is 6.04 Å². The van der Waals surface area contributed by atoms with Crippen LogP contribution in [0.3, 0.4) is 0 Å². The van der Waals surface area contributed by atoms with Gasteiger partial charge in [-0.3, -0.25) is 4.79 Å². The summed E-state index contributed by atoms with van der Waals surface area (Å²) in [5, 5.41) is 3.14. The van der Waals surface area contributed by atoms with Gasteiger partial charge in [-0.2, -0.15) is 0 Å². The maximum Gasteiger partial charge on any atom is 0.239 e. The minimum absolute atomic E-state index is 0.0210. The molecule has 18 heavy (non-hydrogen) atoms. The van der Waals surface area contributed by atoms with E-state index in [9.17, 15) is 9.18 Å². The Balaban J connectivity index is 2.54. The van der Waals surface area contributed by atoms with E-state index in [1.54, 1.807) is 18.0 Å². The second kappa shape index (κ2) is 7.11. The fourth-order valence-corrected chi connectivity index (χ4v) is 1.77. The molecule has 0 aliphatic carbocycles. The molecule has 0 saturated carbocycles. The average molecular weight is 252 g/mol. The molecule has 1 rings (SSSR count). The highest BCUT2D eigenvalue weighted by Crippen LogP contribution is 2.07. The molecule has 0 spiro atoms. The average Bonchev–Trinajstić information content (AvgIpc) is 2.35. The van der Waals surface area contributed by atoms with Gasteiger partial charge in [0.15, 0.2) is 0 Å². The van der Waals surface area contributed by atoms with Gasteiger partial charge in [0.25, 0.3) is 0 Å². The van der Waals surface area contributed by atoms with Crippen molar-refractivity contribution in [3.05, 3.63) is 35.6 Å². The van der Waals surface area contributed by atoms with E-state index < -0.39 is 0 Å². The molecule has 0 radical (unpaired) electrons. The van der Waals surface area contributed by atoms with Gasteiger partial charge in [-0.05, 0) is 37.6 Å². The monoisotopic (exact) mass is 252 g/mol. The van der Waals surface area contributed by atoms with Gasteiger partial charge in [0.1, 0.15) is 5.82 Å². The quantitative estimate of drug-likeness (QED) is 0.841. The van der Waals surface area contributed by atoms with E-state index >= 15 is 0 Å². The molecule has 0 aromatic heterocycles. The van der Waals surface area contributed by atoms with Crippen LogP contribution in [0, 0.1) is 5.82 Å². The van der Waals surface area contributed by atoms with E-state index in [1.807, 2.05) is 13.0 Å². The molecule has 100 valence electrons. The standard InChI is InChI=1S/C14H21FN2O/c1-4-8-16-11(2)14(18)17(3)10-12-6-5-7-13(15)9-12/h5-7,9,11,16H,4,8,10H2,1-3H3. The number of nitrogens with zero attached hydrogens (tertiary/aromatic N) is 1. The van der Waals surface area contributed by atoms with Crippen LogP contribution >= 0.6 is 0 Å². The van der Waals surface area contributed by atoms with Crippen LogP contribution in [-0.2, 0) is 11.3 Å². The molecular weight excluding hydrogens is 231 g/mol. The molecule has 1 aromatic rings. The van der Waals surface area contributed by atoms with E-state index in [4.69, 9.17) is 0 Å². The summed E-state index contributed by atoms with van der Waals surface area (Å²) in [4.78, 5) is 13.6. The molecule has 0 aliphatic rings. The number of likely N-dealkylation sites (N-methyl/N-ethyl adjacent to an activating group) is 1. The summed E-state index contributed by atoms with van der Waals surface area (Å²) in [6, 6.07) is 6.12. The van der Waals surface area contributed by atoms with Crippen molar-refractivity contribution < 1.29 is 9.18 Å². The first-order valence-electron chi connectivity index (χ1n) is 6.27. The Morgan fingerprint density at radius 2 is 2.22 bits per heavy atom. The molecule has 0 saturated heterocycles. The molecule has 3 nitrogen and oxygen atoms in total. The van der Waals surface area contributed by atoms with E-state index in [2.05, 4.69) is 12.2 Å². The third-order valence-corrected chi connectivity index (χ3v) is 2.76. The van der Waals surface area contributed by atoms with Gasteiger partial charge in [-0.1, -0.05) is 19.1 Å². The van der Waals surface area contributed by atoms with Crippen molar-refractivity contribution in [1.29, 1.82) is 0 Å². The maximum absolute atomic E-state index is 13.0. The first-order chi connectivity index (χ1) is 8.54. The molecule has 0 fully saturated rings. The zero-order chi connectivity index (χ0) is 13.5. The first-order valence-corrected chi connectivity index (χ1v) is 6.27. The predicted octanol–water partition coefficient (Wildman–Crippen LogP) is 2.17. The lowest BCUT2D eigenvalue weighted by Gasteiger charge is -2.22. The van der Waals surface area contributed by atoms with Crippen molar-refractivity contribution in [1.82, 2.24) is 10.2 Å². The van der Waals surface area contributed by atoms with Crippen LogP contribution < -0.4 is 5.32 Å². The van der Waals surface area contributed by atoms with Crippen LogP contribution in [0.1, 0.15) is 25.8 Å². The van der Waals surface area contributed by atoms with Crippen molar-refractivity contribution in [2.45, 2.75) is 32.9 Å². The predicted molar refractivity (Wildman–Crippen MR) is 70.6 cm³/mol. The van der Waals surface area contributed by atoms with Crippen LogP contribution in [0.15, 0.2) is 24.3 Å². The molecule has 0 aliphatic heterocycles. The highest BCUT2D eigenvalue weighted by Gasteiger charge is 2.16. The number of hydrogen-bond donors (Lipinski definition) is 1. The zero-order valence-electron chi connectivity index (χ0n) is 11.2. The molecule has 0 heterocycles. The summed E-state index contributed by atoms with van der Waals surface area (Å²) in [5.41, 5.74) is 0.800. The normalized spacial score (nSPS) is 12.2. The zero-order valence-corrected chi connectivity index (χ0v) is 11.2. The topological polar surface area (TPSA) is 32.3 Å². The number of nitrogens with one attached hydrogen (secondary N) is 1. The molecule has 4 heteroatoms. The minimum atomic E-state index is -0.273. The maximum atomic E-state index is 13.0. The van der Waals surface area contributed by atoms with Crippen molar-refractivity contribution in [3.63, 3.8) is 0 Å². The van der Waals surface area contributed by atoms with Crippen LogP contribution in [0.5, 0.6) is 0 Å². The van der Waals surface area contributed by atoms with Crippen LogP contribution in [-0.4, -0.2) is 30.4 Å². The summed E-state index contributed by atoms with van der Waals surface area (Å²) < 4.78 is 13.0. The van der Waals surface area contributed by atoms with Crippen molar-refractivity contribution in [2.75, 3.05) is 13.6 Å². The Morgan fingerprint density at radius 3 is 2.83 bits per heavy atom. The lowest BCUT2D eigenvalue weighted by atomic mass is 10.2. The molecule has 1 amide bonds. The number of carbonyl (C=O) groups is 1. The SMILES string of the molecule is CCCNC(C)C(=O)N(C)Cc1cccc(F)c1. The lowest BCUT2D eigenvalue weighted by Crippen LogP contribution is -2.43. The van der Waals surface area contributed by atoms with Crippen molar-refractivity contribution in [2.24, 2.45) is 0 Å². The first kappa shape index (κ1) is 14.6. The summed E-state index contributed by atoms with van der Waals surface area (Å²) in [6.07, 6.45) is 0.991. The number of carbonyl (C=O) groups excluding carboxylic acids is 1. The molecule has 0 bridgehead atoms. The highest BCUT2D eigenvalue weighted by molar-refractivity contribution is 5.81. The smallest absolute Gasteiger partial charge is 0.239 e. The number of benzene rings is 1. The van der Waals surface area contributed by atoms with E-state index in [0.717, 1.165) is 18.5 Å². The summed E-state index contributed by atoms with van der Waals surface area (Å²) in [5.74, 6) is -0.252. The highest BCUT2D eigenvalue weighted by atomic mass is 19.1. The second-order valence-corrected chi connectivity index (χ2v) is 4.50. The van der Waals surface area contributed by atoms with Gasteiger partial charge in [-0.25, -0.2) is 4.39 Å². The van der Waals surface area contributed by atoms with Crippen LogP contribution in [0.2, 0.25) is 0 Å². The van der Waals surface area contributed by atoms with Crippen LogP contribution in [0.4, 0.5) is 4.39 Å². The Kier molecular flexibility index (Phi) is 5.78. The number of halogens is 1. The molecule has 1 aromatic carbocycles. The number of hydrogen-bond acceptors (Lipinski definition) is 2. The lowest BCUT2D eigenvalue weighted by molar-refractivity contribution is -0.132. The molecule has 1 unspecified atom stereocenters. The second-order valence-electron chi connectivity index (χ2n) is 4.50. The van der Waals surface area contributed by atoms with Gasteiger partial charge in [0.2, 0.25) is 5.91 Å². The molecule has 1 N–H and O–H groups in total. The van der Waals surface area contributed by atoms with Crippen molar-refractivity contribution in [3.8, 4) is 0 Å². The van der Waals surface area contributed by atoms with Crippen LogP contribution in [0.25, 0.3) is 0 Å². The van der Waals surface area contributed by atoms with Gasteiger partial charge in [-0.15, -0.1) is 0 Å². The van der Waals surface area contributed by atoms with Gasteiger partial charge < -0.3 is 10.2 Å². The Labute approximate surface area is 108 Å². The summed E-state index contributed by atoms with van der Waals surface area (Å²) in [6.45, 7) is 5.15. The Bertz CT molecular complexity index is 395. The largest absolute Gasteiger partial charge is 0.340 e. The number of amides is 1. The van der Waals surface area contributed by atoms with E-state index in [1.165, 1.54) is 12.1 Å². The third-order valence-electron chi connectivity index (χ3n) is 2.76. The van der Waals surface area contributed by atoms with E-state index in [0.29, 0.717) is 6.54 Å². The number of rotatable bonds is 6. The fourth-order valence-electron chi connectivity index (χ4n) is 1.77. The van der Waals surface area contributed by atoms with E-state index in [-0.39, 0.29) is 17.8 Å². The molecular formula is C14H21FN2O. The fraction of sp³-hybridized carbons (Fsp3) is 0.500. The third kappa shape index (κ3) is 4.45. The summed E-state index contributed by atoms with van der Waals surface area (Å²) >= 11 is 0. The Hall–Kier alpha value is -1.42. The Morgan fingerprint density at radius 1 is 1.50 bits per heavy atom. The minimum Gasteiger partial charge on any atom is -0.340 e. The van der Waals surface area contributed by atoms with Gasteiger partial charge >= 0.3 is 0 Å². The van der Waals surface area contributed by atoms with Crippen molar-refractivity contribution >= 4 is 5.91 Å². The van der Waals surface area contributed by atoms with Gasteiger partial charge in [0, 0.05) is 13.6 Å². The molecule has 1 atom stereocenters. The summed E-state index contributed by atoms with van der Waals surface area (Å²) in [7, 11) is 1.73.